The highest BCUT2D eigenvalue weighted by Crippen LogP contribution is 2.22. The van der Waals surface area contributed by atoms with Crippen LogP contribution in [0.5, 0.6) is 0 Å². The zero-order valence-corrected chi connectivity index (χ0v) is 11.1. The van der Waals surface area contributed by atoms with Gasteiger partial charge in [0.15, 0.2) is 0 Å². The van der Waals surface area contributed by atoms with Gasteiger partial charge in [-0.2, -0.15) is 0 Å². The van der Waals surface area contributed by atoms with Crippen molar-refractivity contribution in [3.05, 3.63) is 34.9 Å². The van der Waals surface area contributed by atoms with E-state index in [1.807, 2.05) is 43.1 Å². The van der Waals surface area contributed by atoms with E-state index < -0.39 is 5.97 Å². The Morgan fingerprint density at radius 3 is 2.65 bits per heavy atom. The zero-order valence-electron chi connectivity index (χ0n) is 10.4. The molecular formula is C13H18ClNO2. The van der Waals surface area contributed by atoms with E-state index in [0.29, 0.717) is 11.6 Å². The number of rotatable bonds is 5. The van der Waals surface area contributed by atoms with Crippen LogP contribution in [0.4, 0.5) is 0 Å². The molecule has 0 radical (unpaired) electrons. The van der Waals surface area contributed by atoms with E-state index in [0.717, 1.165) is 5.56 Å². The van der Waals surface area contributed by atoms with Gasteiger partial charge in [-0.1, -0.05) is 30.7 Å². The maximum Gasteiger partial charge on any atom is 0.307 e. The third-order valence-corrected chi connectivity index (χ3v) is 3.21. The summed E-state index contributed by atoms with van der Waals surface area (Å²) in [6.07, 6.45) is 0. The molecule has 3 nitrogen and oxygen atoms in total. The summed E-state index contributed by atoms with van der Waals surface area (Å²) < 4.78 is 0. The van der Waals surface area contributed by atoms with Gasteiger partial charge in [-0.05, 0) is 31.7 Å². The molecule has 2 unspecified atom stereocenters. The van der Waals surface area contributed by atoms with Gasteiger partial charge in [0.25, 0.3) is 0 Å². The molecule has 17 heavy (non-hydrogen) atoms. The van der Waals surface area contributed by atoms with Crippen LogP contribution in [0.3, 0.4) is 0 Å². The van der Waals surface area contributed by atoms with Crippen molar-refractivity contribution in [3.63, 3.8) is 0 Å². The standard InChI is InChI=1S/C13H18ClNO2/c1-9(13(16)17)8-15(3)10(2)11-5-4-6-12(14)7-11/h4-7,9-10H,8H2,1-3H3,(H,16,17). The number of hydrogen-bond donors (Lipinski definition) is 1. The zero-order chi connectivity index (χ0) is 13.0. The first-order valence-corrected chi connectivity index (χ1v) is 5.98. The SMILES string of the molecule is CC(CN(C)C(C)c1cccc(Cl)c1)C(=O)O. The minimum Gasteiger partial charge on any atom is -0.481 e. The fourth-order valence-corrected chi connectivity index (χ4v) is 1.89. The average molecular weight is 256 g/mol. The van der Waals surface area contributed by atoms with Crippen LogP contribution in [-0.2, 0) is 4.79 Å². The summed E-state index contributed by atoms with van der Waals surface area (Å²) in [5.41, 5.74) is 1.09. The number of nitrogens with zero attached hydrogens (tertiary/aromatic N) is 1. The maximum absolute atomic E-state index is 10.8. The van der Waals surface area contributed by atoms with Crippen LogP contribution < -0.4 is 0 Å². The van der Waals surface area contributed by atoms with Gasteiger partial charge in [0.2, 0.25) is 0 Å². The molecule has 4 heteroatoms. The topological polar surface area (TPSA) is 40.5 Å². The second-order valence-electron chi connectivity index (χ2n) is 4.41. The van der Waals surface area contributed by atoms with Crippen molar-refractivity contribution < 1.29 is 9.90 Å². The van der Waals surface area contributed by atoms with Crippen LogP contribution in [0.25, 0.3) is 0 Å². The number of halogens is 1. The molecule has 0 aliphatic rings. The van der Waals surface area contributed by atoms with Crippen molar-refractivity contribution in [1.82, 2.24) is 4.90 Å². The predicted octanol–water partition coefficient (Wildman–Crippen LogP) is 3.05. The summed E-state index contributed by atoms with van der Waals surface area (Å²) in [7, 11) is 1.92. The van der Waals surface area contributed by atoms with Crippen LogP contribution in [0.1, 0.15) is 25.5 Å². The fourth-order valence-electron chi connectivity index (χ4n) is 1.69. The largest absolute Gasteiger partial charge is 0.481 e. The monoisotopic (exact) mass is 255 g/mol. The Morgan fingerprint density at radius 1 is 1.47 bits per heavy atom. The molecule has 0 bridgehead atoms. The van der Waals surface area contributed by atoms with Gasteiger partial charge in [-0.3, -0.25) is 9.69 Å². The number of hydrogen-bond acceptors (Lipinski definition) is 2. The summed E-state index contributed by atoms with van der Waals surface area (Å²) in [4.78, 5) is 12.8. The predicted molar refractivity (Wildman–Crippen MR) is 69.3 cm³/mol. The van der Waals surface area contributed by atoms with Gasteiger partial charge in [0.1, 0.15) is 0 Å². The van der Waals surface area contributed by atoms with Crippen LogP contribution in [-0.4, -0.2) is 29.6 Å². The minimum absolute atomic E-state index is 0.149. The molecule has 0 spiro atoms. The van der Waals surface area contributed by atoms with E-state index in [2.05, 4.69) is 0 Å². The Bertz CT molecular complexity index is 395. The molecule has 0 saturated heterocycles. The lowest BCUT2D eigenvalue weighted by Crippen LogP contribution is -2.30. The summed E-state index contributed by atoms with van der Waals surface area (Å²) >= 11 is 5.94. The minimum atomic E-state index is -0.768. The molecule has 1 rings (SSSR count). The molecule has 0 saturated carbocycles. The molecule has 0 heterocycles. The van der Waals surface area contributed by atoms with Crippen LogP contribution in [0.15, 0.2) is 24.3 Å². The first-order chi connectivity index (χ1) is 7.91. The van der Waals surface area contributed by atoms with E-state index >= 15 is 0 Å². The molecule has 0 amide bonds. The van der Waals surface area contributed by atoms with Gasteiger partial charge < -0.3 is 5.11 Å². The van der Waals surface area contributed by atoms with Crippen molar-refractivity contribution in [1.29, 1.82) is 0 Å². The second kappa shape index (κ2) is 6.03. The lowest BCUT2D eigenvalue weighted by molar-refractivity contribution is -0.141. The van der Waals surface area contributed by atoms with Crippen LogP contribution in [0, 0.1) is 5.92 Å². The van der Waals surface area contributed by atoms with Gasteiger partial charge in [-0.25, -0.2) is 0 Å². The highest BCUT2D eigenvalue weighted by Gasteiger charge is 2.18. The van der Waals surface area contributed by atoms with Crippen LogP contribution >= 0.6 is 11.6 Å². The Balaban J connectivity index is 2.69. The van der Waals surface area contributed by atoms with Crippen LogP contribution in [0.2, 0.25) is 5.02 Å². The van der Waals surface area contributed by atoms with Gasteiger partial charge in [0.05, 0.1) is 5.92 Å². The molecule has 0 aliphatic carbocycles. The number of carbonyl (C=O) groups is 1. The molecule has 0 aliphatic heterocycles. The van der Waals surface area contributed by atoms with Gasteiger partial charge in [0, 0.05) is 17.6 Å². The Kier molecular flexibility index (Phi) is 4.97. The molecule has 0 aromatic heterocycles. The van der Waals surface area contributed by atoms with Crippen molar-refractivity contribution >= 4 is 17.6 Å². The maximum atomic E-state index is 10.8. The molecule has 94 valence electrons. The van der Waals surface area contributed by atoms with E-state index in [9.17, 15) is 4.79 Å². The quantitative estimate of drug-likeness (QED) is 0.879. The lowest BCUT2D eigenvalue weighted by Gasteiger charge is -2.26. The summed E-state index contributed by atoms with van der Waals surface area (Å²) in [6, 6.07) is 7.79. The van der Waals surface area contributed by atoms with Gasteiger partial charge >= 0.3 is 5.97 Å². The highest BCUT2D eigenvalue weighted by atomic mass is 35.5. The second-order valence-corrected chi connectivity index (χ2v) is 4.85. The van der Waals surface area contributed by atoms with Crippen molar-refractivity contribution in [2.24, 2.45) is 5.92 Å². The molecule has 1 aromatic carbocycles. The Labute approximate surface area is 107 Å². The molecule has 0 fully saturated rings. The van der Waals surface area contributed by atoms with Crippen molar-refractivity contribution in [3.8, 4) is 0 Å². The summed E-state index contributed by atoms with van der Waals surface area (Å²) in [5, 5.41) is 9.58. The molecule has 2 atom stereocenters. The highest BCUT2D eigenvalue weighted by molar-refractivity contribution is 6.30. The number of carboxylic acid groups (broad SMARTS) is 1. The normalized spacial score (nSPS) is 14.6. The Hall–Kier alpha value is -1.06. The lowest BCUT2D eigenvalue weighted by atomic mass is 10.1. The van der Waals surface area contributed by atoms with Gasteiger partial charge in [-0.15, -0.1) is 0 Å². The van der Waals surface area contributed by atoms with Crippen molar-refractivity contribution in [2.45, 2.75) is 19.9 Å². The number of aliphatic carboxylic acids is 1. The Morgan fingerprint density at radius 2 is 2.12 bits per heavy atom. The third kappa shape index (κ3) is 4.02. The summed E-state index contributed by atoms with van der Waals surface area (Å²) in [6.45, 7) is 4.27. The average Bonchev–Trinajstić information content (AvgIpc) is 2.27. The molecule has 1 N–H and O–H groups in total. The molecular weight excluding hydrogens is 238 g/mol. The first kappa shape index (κ1) is 14.0. The van der Waals surface area contributed by atoms with Crippen molar-refractivity contribution in [2.75, 3.05) is 13.6 Å². The number of carboxylic acids is 1. The first-order valence-electron chi connectivity index (χ1n) is 5.60. The summed E-state index contributed by atoms with van der Waals surface area (Å²) in [5.74, 6) is -1.14. The van der Waals surface area contributed by atoms with E-state index in [1.165, 1.54) is 0 Å². The molecule has 1 aromatic rings. The van der Waals surface area contributed by atoms with E-state index in [4.69, 9.17) is 16.7 Å². The third-order valence-electron chi connectivity index (χ3n) is 2.98. The van der Waals surface area contributed by atoms with E-state index in [1.54, 1.807) is 6.92 Å². The fraction of sp³-hybridized carbons (Fsp3) is 0.462. The van der Waals surface area contributed by atoms with E-state index in [-0.39, 0.29) is 12.0 Å². The smallest absolute Gasteiger partial charge is 0.307 e. The number of benzene rings is 1.